The summed E-state index contributed by atoms with van der Waals surface area (Å²) in [5.74, 6) is -0.0260. The summed E-state index contributed by atoms with van der Waals surface area (Å²) in [5.41, 5.74) is 2.82. The lowest BCUT2D eigenvalue weighted by atomic mass is 10.1. The van der Waals surface area contributed by atoms with Crippen molar-refractivity contribution in [2.75, 3.05) is 0 Å². The maximum Gasteiger partial charge on any atom is 0.253 e. The van der Waals surface area contributed by atoms with Crippen LogP contribution in [0.4, 0.5) is 0 Å². The van der Waals surface area contributed by atoms with Crippen LogP contribution in [-0.2, 0) is 7.05 Å². The van der Waals surface area contributed by atoms with E-state index in [1.807, 2.05) is 49.9 Å². The summed E-state index contributed by atoms with van der Waals surface area (Å²) in [5, 5.41) is 3.89. The normalized spacial score (nSPS) is 10.9. The number of amides is 1. The molecule has 0 saturated carbocycles. The number of benzene rings is 1. The number of nitrogens with zero attached hydrogens (tertiary/aromatic N) is 1. The lowest BCUT2D eigenvalue weighted by Gasteiger charge is -2.07. The smallest absolute Gasteiger partial charge is 0.253 e. The lowest BCUT2D eigenvalue weighted by molar-refractivity contribution is 0.0944. The van der Waals surface area contributed by atoms with Gasteiger partial charge in [-0.15, -0.1) is 0 Å². The third kappa shape index (κ3) is 2.16. The first kappa shape index (κ1) is 12.4. The highest BCUT2D eigenvalue weighted by Gasteiger charge is 2.14. The molecule has 1 N–H and O–H groups in total. The summed E-state index contributed by atoms with van der Waals surface area (Å²) >= 11 is 0. The maximum absolute atomic E-state index is 12.1. The molecule has 0 fully saturated rings. The molecule has 94 valence electrons. The van der Waals surface area contributed by atoms with E-state index >= 15 is 0 Å². The molecule has 1 amide bonds. The van der Waals surface area contributed by atoms with E-state index in [-0.39, 0.29) is 11.9 Å². The maximum atomic E-state index is 12.1. The number of rotatable bonds is 3. The number of hydrogen-bond donors (Lipinski definition) is 1. The number of aryl methyl sites for hydroxylation is 1. The molecule has 3 heteroatoms. The van der Waals surface area contributed by atoms with Crippen molar-refractivity contribution in [1.82, 2.24) is 9.88 Å². The first-order valence-corrected chi connectivity index (χ1v) is 6.05. The minimum Gasteiger partial charge on any atom is -0.350 e. The number of aromatic nitrogens is 1. The Balaban J connectivity index is 2.53. The Labute approximate surface area is 107 Å². The van der Waals surface area contributed by atoms with E-state index in [0.717, 1.165) is 22.0 Å². The first-order chi connectivity index (χ1) is 8.52. The van der Waals surface area contributed by atoms with E-state index in [1.54, 1.807) is 6.08 Å². The quantitative estimate of drug-likeness (QED) is 0.882. The minimum absolute atomic E-state index is 0.0260. The topological polar surface area (TPSA) is 34.0 Å². The molecular weight excluding hydrogens is 224 g/mol. The molecule has 1 heterocycles. The Kier molecular flexibility index (Phi) is 3.24. The van der Waals surface area contributed by atoms with E-state index < -0.39 is 0 Å². The van der Waals surface area contributed by atoms with Crippen LogP contribution in [-0.4, -0.2) is 16.5 Å². The van der Waals surface area contributed by atoms with Crippen LogP contribution < -0.4 is 5.32 Å². The summed E-state index contributed by atoms with van der Waals surface area (Å²) in [6.07, 6.45) is 3.68. The van der Waals surface area contributed by atoms with Crippen LogP contribution in [0.3, 0.4) is 0 Å². The predicted octanol–water partition coefficient (Wildman–Crippen LogP) is 2.96. The van der Waals surface area contributed by atoms with Gasteiger partial charge in [-0.2, -0.15) is 0 Å². The molecule has 0 aliphatic heterocycles. The Morgan fingerprint density at radius 3 is 2.78 bits per heavy atom. The fourth-order valence-corrected chi connectivity index (χ4v) is 2.05. The second-order valence-electron chi connectivity index (χ2n) is 4.76. The van der Waals surface area contributed by atoms with Gasteiger partial charge in [0.25, 0.3) is 5.91 Å². The Bertz CT molecular complexity index is 608. The van der Waals surface area contributed by atoms with Crippen molar-refractivity contribution in [3.05, 3.63) is 42.1 Å². The molecule has 1 aromatic carbocycles. The number of carbonyl (C=O) groups excluding carboxylic acids is 1. The molecule has 0 spiro atoms. The van der Waals surface area contributed by atoms with Crippen molar-refractivity contribution in [2.24, 2.45) is 7.05 Å². The van der Waals surface area contributed by atoms with Crippen LogP contribution in [0.25, 0.3) is 17.0 Å². The van der Waals surface area contributed by atoms with Crippen molar-refractivity contribution < 1.29 is 4.79 Å². The summed E-state index contributed by atoms with van der Waals surface area (Å²) in [4.78, 5) is 12.1. The molecule has 0 radical (unpaired) electrons. The molecule has 18 heavy (non-hydrogen) atoms. The van der Waals surface area contributed by atoms with Gasteiger partial charge in [0.1, 0.15) is 0 Å². The van der Waals surface area contributed by atoms with E-state index in [0.29, 0.717) is 0 Å². The summed E-state index contributed by atoms with van der Waals surface area (Å²) in [6.45, 7) is 7.67. The van der Waals surface area contributed by atoms with Gasteiger partial charge < -0.3 is 9.88 Å². The average Bonchev–Trinajstić information content (AvgIpc) is 2.65. The molecule has 3 nitrogen and oxygen atoms in total. The predicted molar refractivity (Wildman–Crippen MR) is 75.6 cm³/mol. The average molecular weight is 242 g/mol. The zero-order valence-electron chi connectivity index (χ0n) is 11.0. The van der Waals surface area contributed by atoms with Gasteiger partial charge in [-0.1, -0.05) is 24.8 Å². The van der Waals surface area contributed by atoms with Crippen LogP contribution in [0.15, 0.2) is 31.0 Å². The van der Waals surface area contributed by atoms with Crippen LogP contribution in [0, 0.1) is 0 Å². The number of nitrogens with one attached hydrogen (secondary N) is 1. The Morgan fingerprint density at radius 2 is 2.17 bits per heavy atom. The van der Waals surface area contributed by atoms with E-state index in [1.165, 1.54) is 0 Å². The molecule has 1 aromatic heterocycles. The summed E-state index contributed by atoms with van der Waals surface area (Å²) < 4.78 is 1.97. The highest BCUT2D eigenvalue weighted by Crippen LogP contribution is 2.22. The van der Waals surface area contributed by atoms with Crippen LogP contribution >= 0.6 is 0 Å². The standard InChI is InChI=1S/C15H18N2O/c1-5-11-6-7-12-13(15(18)16-10(2)3)9-17(4)14(12)8-11/h5-10H,1H2,2-4H3,(H,16,18). The fourth-order valence-electron chi connectivity index (χ4n) is 2.05. The van der Waals surface area contributed by atoms with Crippen molar-refractivity contribution in [2.45, 2.75) is 19.9 Å². The fraction of sp³-hybridized carbons (Fsp3) is 0.267. The van der Waals surface area contributed by atoms with Crippen molar-refractivity contribution in [1.29, 1.82) is 0 Å². The van der Waals surface area contributed by atoms with Gasteiger partial charge in [-0.25, -0.2) is 0 Å². The van der Waals surface area contributed by atoms with E-state index in [2.05, 4.69) is 11.9 Å². The number of hydrogen-bond acceptors (Lipinski definition) is 1. The first-order valence-electron chi connectivity index (χ1n) is 6.05. The van der Waals surface area contributed by atoms with Crippen LogP contribution in [0.1, 0.15) is 29.8 Å². The molecule has 2 aromatic rings. The van der Waals surface area contributed by atoms with Gasteiger partial charge in [0.15, 0.2) is 0 Å². The van der Waals surface area contributed by atoms with Gasteiger partial charge >= 0.3 is 0 Å². The molecule has 0 bridgehead atoms. The molecule has 0 atom stereocenters. The lowest BCUT2D eigenvalue weighted by Crippen LogP contribution is -2.29. The Morgan fingerprint density at radius 1 is 1.44 bits per heavy atom. The number of fused-ring (bicyclic) bond motifs is 1. The second kappa shape index (κ2) is 4.69. The third-order valence-electron chi connectivity index (χ3n) is 2.91. The minimum atomic E-state index is -0.0260. The van der Waals surface area contributed by atoms with E-state index in [9.17, 15) is 4.79 Å². The van der Waals surface area contributed by atoms with E-state index in [4.69, 9.17) is 0 Å². The highest BCUT2D eigenvalue weighted by atomic mass is 16.1. The van der Waals surface area contributed by atoms with Crippen molar-refractivity contribution >= 4 is 22.9 Å². The monoisotopic (exact) mass is 242 g/mol. The molecule has 2 rings (SSSR count). The summed E-state index contributed by atoms with van der Waals surface area (Å²) in [7, 11) is 1.95. The molecule has 0 unspecified atom stereocenters. The van der Waals surface area contributed by atoms with Gasteiger partial charge in [-0.05, 0) is 25.5 Å². The van der Waals surface area contributed by atoms with Gasteiger partial charge in [0.2, 0.25) is 0 Å². The SMILES string of the molecule is C=Cc1ccc2c(C(=O)NC(C)C)cn(C)c2c1. The van der Waals surface area contributed by atoms with Crippen molar-refractivity contribution in [3.8, 4) is 0 Å². The van der Waals surface area contributed by atoms with Gasteiger partial charge in [0, 0.05) is 30.2 Å². The molecule has 0 saturated heterocycles. The highest BCUT2D eigenvalue weighted by molar-refractivity contribution is 6.07. The number of carbonyl (C=O) groups is 1. The molecule has 0 aliphatic rings. The van der Waals surface area contributed by atoms with Crippen molar-refractivity contribution in [3.63, 3.8) is 0 Å². The van der Waals surface area contributed by atoms with Gasteiger partial charge in [-0.3, -0.25) is 4.79 Å². The van der Waals surface area contributed by atoms with Gasteiger partial charge in [0.05, 0.1) is 5.56 Å². The third-order valence-corrected chi connectivity index (χ3v) is 2.91. The summed E-state index contributed by atoms with van der Waals surface area (Å²) in [6, 6.07) is 6.12. The zero-order valence-corrected chi connectivity index (χ0v) is 11.0. The zero-order chi connectivity index (χ0) is 13.3. The second-order valence-corrected chi connectivity index (χ2v) is 4.76. The van der Waals surface area contributed by atoms with Crippen LogP contribution in [0.2, 0.25) is 0 Å². The van der Waals surface area contributed by atoms with Crippen LogP contribution in [0.5, 0.6) is 0 Å². The molecular formula is C15H18N2O. The largest absolute Gasteiger partial charge is 0.350 e. The Hall–Kier alpha value is -2.03. The molecule has 0 aliphatic carbocycles.